The molecule has 1 aromatic carbocycles. The molecule has 2 N–H and O–H groups in total. The molecule has 0 radical (unpaired) electrons. The molecule has 3 rings (SSSR count). The van der Waals surface area contributed by atoms with Crippen molar-refractivity contribution < 1.29 is 13.2 Å². The van der Waals surface area contributed by atoms with Crippen LogP contribution in [-0.4, -0.2) is 42.2 Å². The summed E-state index contributed by atoms with van der Waals surface area (Å²) in [6, 6.07) is 6.81. The number of rotatable bonds is 3. The van der Waals surface area contributed by atoms with E-state index in [4.69, 9.17) is 0 Å². The van der Waals surface area contributed by atoms with Gasteiger partial charge in [-0.1, -0.05) is 6.07 Å². The van der Waals surface area contributed by atoms with Gasteiger partial charge in [-0.3, -0.25) is 4.90 Å². The summed E-state index contributed by atoms with van der Waals surface area (Å²) in [4.78, 5) is 5.00. The molecule has 2 aromatic rings. The second kappa shape index (κ2) is 8.24. The number of alkyl halides is 3. The van der Waals surface area contributed by atoms with E-state index in [9.17, 15) is 13.2 Å². The van der Waals surface area contributed by atoms with E-state index in [-0.39, 0.29) is 24.8 Å². The fraction of sp³-hybridized carbons (Fsp3) is 0.467. The monoisotopic (exact) mass is 369 g/mol. The van der Waals surface area contributed by atoms with E-state index in [1.807, 2.05) is 23.1 Å². The number of hydrogen-bond acceptors (Lipinski definition) is 2. The maximum atomic E-state index is 13.0. The molecular weight excluding hydrogens is 350 g/mol. The second-order valence-corrected chi connectivity index (χ2v) is 5.45. The molecule has 3 nitrogen and oxygen atoms in total. The van der Waals surface area contributed by atoms with Crippen LogP contribution in [0.1, 0.15) is 18.0 Å². The van der Waals surface area contributed by atoms with Crippen LogP contribution >= 0.6 is 24.8 Å². The van der Waals surface area contributed by atoms with Gasteiger partial charge in [0.25, 0.3) is 0 Å². The molecule has 1 saturated heterocycles. The molecule has 2 heterocycles. The molecule has 0 unspecified atom stereocenters. The Labute approximate surface area is 145 Å². The largest absolute Gasteiger partial charge is 0.390 e. The van der Waals surface area contributed by atoms with Crippen molar-refractivity contribution in [3.05, 3.63) is 36.0 Å². The first-order valence-corrected chi connectivity index (χ1v) is 7.11. The van der Waals surface area contributed by atoms with Gasteiger partial charge < -0.3 is 10.3 Å². The third-order valence-corrected chi connectivity index (χ3v) is 3.98. The first-order chi connectivity index (χ1) is 10.0. The lowest BCUT2D eigenvalue weighted by Gasteiger charge is -2.35. The van der Waals surface area contributed by atoms with Crippen LogP contribution in [-0.2, 0) is 0 Å². The summed E-state index contributed by atoms with van der Waals surface area (Å²) in [5.41, 5.74) is 1.69. The Balaban J connectivity index is 0.00000132. The van der Waals surface area contributed by atoms with Gasteiger partial charge in [-0.05, 0) is 29.1 Å². The van der Waals surface area contributed by atoms with Crippen LogP contribution in [0.25, 0.3) is 10.9 Å². The molecule has 23 heavy (non-hydrogen) atoms. The molecule has 0 bridgehead atoms. The minimum absolute atomic E-state index is 0. The lowest BCUT2D eigenvalue weighted by molar-refractivity contribution is -0.148. The summed E-state index contributed by atoms with van der Waals surface area (Å²) in [5, 5.41) is 4.13. The minimum Gasteiger partial charge on any atom is -0.361 e. The maximum Gasteiger partial charge on any atom is 0.390 e. The summed E-state index contributed by atoms with van der Waals surface area (Å²) in [7, 11) is 0. The van der Waals surface area contributed by atoms with Crippen LogP contribution < -0.4 is 5.32 Å². The van der Waals surface area contributed by atoms with Crippen molar-refractivity contribution >= 4 is 35.7 Å². The van der Waals surface area contributed by atoms with Gasteiger partial charge in [0.15, 0.2) is 0 Å². The van der Waals surface area contributed by atoms with Gasteiger partial charge in [0.1, 0.15) is 0 Å². The van der Waals surface area contributed by atoms with Crippen molar-refractivity contribution in [2.45, 2.75) is 18.6 Å². The Morgan fingerprint density at radius 1 is 1.09 bits per heavy atom. The summed E-state index contributed by atoms with van der Waals surface area (Å²) in [6.07, 6.45) is -3.16. The van der Waals surface area contributed by atoms with E-state index in [0.29, 0.717) is 13.1 Å². The van der Waals surface area contributed by atoms with Crippen molar-refractivity contribution in [2.75, 3.05) is 26.2 Å². The van der Waals surface area contributed by atoms with Gasteiger partial charge in [-0.2, -0.15) is 13.2 Å². The molecule has 0 aliphatic carbocycles. The predicted octanol–water partition coefficient (Wildman–Crippen LogP) is 3.91. The Bertz CT molecular complexity index is 609. The van der Waals surface area contributed by atoms with E-state index in [0.717, 1.165) is 29.6 Å². The zero-order valence-electron chi connectivity index (χ0n) is 12.4. The van der Waals surface area contributed by atoms with Gasteiger partial charge in [-0.25, -0.2) is 0 Å². The van der Waals surface area contributed by atoms with Crippen LogP contribution in [0.3, 0.4) is 0 Å². The number of aromatic amines is 1. The standard InChI is InChI=1S/C15H18F3N3.2ClH/c16-15(17,18)10-14(21-7-5-19-6-8-21)12-1-2-13-11(9-12)3-4-20-13;;/h1-4,9,14,19-20H,5-8,10H2;2*1H/t14-;;/m0../s1. The molecule has 8 heteroatoms. The number of benzene rings is 1. The SMILES string of the molecule is Cl.Cl.FC(F)(F)C[C@@H](c1ccc2[nH]ccc2c1)N1CCNCC1. The summed E-state index contributed by atoms with van der Waals surface area (Å²) < 4.78 is 38.9. The molecule has 1 fully saturated rings. The highest BCUT2D eigenvalue weighted by molar-refractivity contribution is 5.85. The van der Waals surface area contributed by atoms with Crippen LogP contribution in [0.4, 0.5) is 13.2 Å². The Morgan fingerprint density at radius 2 is 1.78 bits per heavy atom. The van der Waals surface area contributed by atoms with E-state index < -0.39 is 18.6 Å². The fourth-order valence-corrected chi connectivity index (χ4v) is 2.95. The van der Waals surface area contributed by atoms with Gasteiger partial charge >= 0.3 is 6.18 Å². The number of hydrogen-bond donors (Lipinski definition) is 2. The van der Waals surface area contributed by atoms with E-state index in [1.165, 1.54) is 0 Å². The van der Waals surface area contributed by atoms with Crippen molar-refractivity contribution in [3.8, 4) is 0 Å². The number of piperazine rings is 1. The van der Waals surface area contributed by atoms with E-state index in [1.54, 1.807) is 12.3 Å². The van der Waals surface area contributed by atoms with Crippen LogP contribution in [0.15, 0.2) is 30.5 Å². The average molecular weight is 370 g/mol. The van der Waals surface area contributed by atoms with Gasteiger partial charge in [0.2, 0.25) is 0 Å². The Kier molecular flexibility index (Phi) is 7.20. The highest BCUT2D eigenvalue weighted by Gasteiger charge is 2.35. The molecule has 1 aliphatic heterocycles. The van der Waals surface area contributed by atoms with E-state index >= 15 is 0 Å². The molecule has 0 amide bonds. The quantitative estimate of drug-likeness (QED) is 0.859. The summed E-state index contributed by atoms with van der Waals surface area (Å²) >= 11 is 0. The lowest BCUT2D eigenvalue weighted by atomic mass is 9.99. The normalized spacial score (nSPS) is 17.3. The van der Waals surface area contributed by atoms with E-state index in [2.05, 4.69) is 10.3 Å². The first kappa shape index (κ1) is 20.1. The Hall–Kier alpha value is -0.950. The maximum absolute atomic E-state index is 13.0. The van der Waals surface area contributed by atoms with Crippen molar-refractivity contribution in [1.82, 2.24) is 15.2 Å². The molecule has 0 spiro atoms. The predicted molar refractivity (Wildman–Crippen MR) is 90.7 cm³/mol. The number of fused-ring (bicyclic) bond motifs is 1. The second-order valence-electron chi connectivity index (χ2n) is 5.45. The summed E-state index contributed by atoms with van der Waals surface area (Å²) in [5.74, 6) is 0. The van der Waals surface area contributed by atoms with Crippen LogP contribution in [0, 0.1) is 0 Å². The van der Waals surface area contributed by atoms with Gasteiger partial charge in [0.05, 0.1) is 6.42 Å². The lowest BCUT2D eigenvalue weighted by Crippen LogP contribution is -2.46. The fourth-order valence-electron chi connectivity index (χ4n) is 2.95. The van der Waals surface area contributed by atoms with Crippen molar-refractivity contribution in [2.24, 2.45) is 0 Å². The topological polar surface area (TPSA) is 31.1 Å². The molecule has 130 valence electrons. The molecule has 1 atom stereocenters. The molecule has 1 aromatic heterocycles. The van der Waals surface area contributed by atoms with Crippen molar-refractivity contribution in [3.63, 3.8) is 0 Å². The molecular formula is C15H20Cl2F3N3. The first-order valence-electron chi connectivity index (χ1n) is 7.11. The molecule has 1 aliphatic rings. The zero-order valence-corrected chi connectivity index (χ0v) is 14.0. The average Bonchev–Trinajstić information content (AvgIpc) is 2.92. The highest BCUT2D eigenvalue weighted by atomic mass is 35.5. The van der Waals surface area contributed by atoms with Gasteiger partial charge in [0, 0.05) is 43.9 Å². The smallest absolute Gasteiger partial charge is 0.361 e. The third kappa shape index (κ3) is 5.01. The number of nitrogens with one attached hydrogen (secondary N) is 2. The van der Waals surface area contributed by atoms with Crippen LogP contribution in [0.5, 0.6) is 0 Å². The number of H-pyrrole nitrogens is 1. The Morgan fingerprint density at radius 3 is 2.43 bits per heavy atom. The summed E-state index contributed by atoms with van der Waals surface area (Å²) in [6.45, 7) is 2.76. The van der Waals surface area contributed by atoms with Gasteiger partial charge in [-0.15, -0.1) is 24.8 Å². The van der Waals surface area contributed by atoms with Crippen molar-refractivity contribution in [1.29, 1.82) is 0 Å². The zero-order chi connectivity index (χ0) is 14.9. The number of nitrogens with zero attached hydrogens (tertiary/aromatic N) is 1. The molecule has 0 saturated carbocycles. The number of aromatic nitrogens is 1. The highest BCUT2D eigenvalue weighted by Crippen LogP contribution is 2.35. The minimum atomic E-state index is -4.16. The number of halogens is 5. The van der Waals surface area contributed by atoms with Crippen LogP contribution in [0.2, 0.25) is 0 Å². The third-order valence-electron chi connectivity index (χ3n) is 3.98.